The maximum absolute atomic E-state index is 12.6. The molecule has 0 aliphatic carbocycles. The molecule has 1 heterocycles. The van der Waals surface area contributed by atoms with Gasteiger partial charge in [-0.15, -0.1) is 24.0 Å². The smallest absolute Gasteiger partial charge is 0.387 e. The van der Waals surface area contributed by atoms with Crippen LogP contribution in [-0.2, 0) is 13.1 Å². The Labute approximate surface area is 172 Å². The predicted octanol–water partition coefficient (Wildman–Crippen LogP) is 2.86. The number of aromatic nitrogens is 2. The second-order valence-corrected chi connectivity index (χ2v) is 5.14. The van der Waals surface area contributed by atoms with E-state index in [0.29, 0.717) is 35.5 Å². The number of halogens is 3. The number of benzene rings is 1. The monoisotopic (exact) mass is 497 g/mol. The van der Waals surface area contributed by atoms with E-state index < -0.39 is 6.61 Å². The van der Waals surface area contributed by atoms with Crippen LogP contribution in [0.3, 0.4) is 0 Å². The first-order chi connectivity index (χ1) is 12.5. The maximum atomic E-state index is 12.6. The van der Waals surface area contributed by atoms with Crippen LogP contribution in [0.15, 0.2) is 27.7 Å². The molecule has 8 nitrogen and oxygen atoms in total. The molecule has 0 fully saturated rings. The van der Waals surface area contributed by atoms with Crippen LogP contribution >= 0.6 is 24.0 Å². The number of alkyl halides is 2. The van der Waals surface area contributed by atoms with E-state index in [1.807, 2.05) is 6.92 Å². The van der Waals surface area contributed by atoms with Crippen molar-refractivity contribution in [2.45, 2.75) is 33.5 Å². The lowest BCUT2D eigenvalue weighted by Gasteiger charge is -2.13. The van der Waals surface area contributed by atoms with Gasteiger partial charge in [-0.2, -0.15) is 13.8 Å². The van der Waals surface area contributed by atoms with Crippen LogP contribution < -0.4 is 20.1 Å². The van der Waals surface area contributed by atoms with E-state index in [0.717, 1.165) is 0 Å². The lowest BCUT2D eigenvalue weighted by atomic mass is 10.2. The normalized spacial score (nSPS) is 11.1. The van der Waals surface area contributed by atoms with Gasteiger partial charge in [-0.3, -0.25) is 0 Å². The Bertz CT molecular complexity index is 743. The number of nitrogens with one attached hydrogen (secondary N) is 2. The number of nitrogens with zero attached hydrogens (tertiary/aromatic N) is 3. The highest BCUT2D eigenvalue weighted by molar-refractivity contribution is 14.0. The molecule has 0 radical (unpaired) electrons. The zero-order valence-electron chi connectivity index (χ0n) is 15.2. The molecule has 150 valence electrons. The summed E-state index contributed by atoms with van der Waals surface area (Å²) in [6.07, 6.45) is 0. The molecule has 0 bridgehead atoms. The number of hydrogen-bond donors (Lipinski definition) is 2. The molecule has 2 rings (SSSR count). The Morgan fingerprint density at radius 3 is 2.70 bits per heavy atom. The van der Waals surface area contributed by atoms with Gasteiger partial charge in [0.25, 0.3) is 0 Å². The molecule has 0 atom stereocenters. The van der Waals surface area contributed by atoms with E-state index in [4.69, 9.17) is 9.26 Å². The van der Waals surface area contributed by atoms with Crippen LogP contribution in [0.1, 0.15) is 24.2 Å². The highest BCUT2D eigenvalue weighted by Crippen LogP contribution is 2.26. The first-order valence-electron chi connectivity index (χ1n) is 7.95. The number of methoxy groups -OCH3 is 1. The summed E-state index contributed by atoms with van der Waals surface area (Å²) in [7, 11) is 1.49. The SMILES string of the molecule is CCNC(=NCc1cc(OC)ccc1OC(F)F)NCc1nc(C)no1.I. The minimum atomic E-state index is -2.92. The summed E-state index contributed by atoms with van der Waals surface area (Å²) in [6.45, 7) is 1.72. The Hall–Kier alpha value is -2.18. The van der Waals surface area contributed by atoms with Crippen LogP contribution in [-0.4, -0.2) is 36.4 Å². The van der Waals surface area contributed by atoms with Crippen molar-refractivity contribution in [3.05, 3.63) is 35.5 Å². The van der Waals surface area contributed by atoms with Gasteiger partial charge in [0.1, 0.15) is 11.5 Å². The van der Waals surface area contributed by atoms with Crippen LogP contribution in [0.4, 0.5) is 8.78 Å². The van der Waals surface area contributed by atoms with Crippen molar-refractivity contribution in [1.82, 2.24) is 20.8 Å². The van der Waals surface area contributed by atoms with Crippen molar-refractivity contribution in [2.24, 2.45) is 4.99 Å². The fourth-order valence-corrected chi connectivity index (χ4v) is 2.09. The van der Waals surface area contributed by atoms with Crippen LogP contribution in [0.25, 0.3) is 0 Å². The molecule has 2 N–H and O–H groups in total. The molecule has 0 aliphatic heterocycles. The minimum absolute atomic E-state index is 0. The molecular weight excluding hydrogens is 475 g/mol. The molecule has 11 heteroatoms. The van der Waals surface area contributed by atoms with Crippen LogP contribution in [0, 0.1) is 6.92 Å². The number of rotatable bonds is 8. The highest BCUT2D eigenvalue weighted by Gasteiger charge is 2.11. The predicted molar refractivity (Wildman–Crippen MR) is 106 cm³/mol. The topological polar surface area (TPSA) is 93.8 Å². The van der Waals surface area contributed by atoms with Gasteiger partial charge in [0.05, 0.1) is 20.2 Å². The molecule has 1 aromatic carbocycles. The van der Waals surface area contributed by atoms with Crippen molar-refractivity contribution in [2.75, 3.05) is 13.7 Å². The maximum Gasteiger partial charge on any atom is 0.387 e. The molecule has 0 amide bonds. The number of guanidine groups is 1. The summed E-state index contributed by atoms with van der Waals surface area (Å²) in [5.41, 5.74) is 0.468. The third kappa shape index (κ3) is 7.53. The Morgan fingerprint density at radius 2 is 2.11 bits per heavy atom. The quantitative estimate of drug-likeness (QED) is 0.329. The Kier molecular flexibility index (Phi) is 9.75. The zero-order valence-corrected chi connectivity index (χ0v) is 17.5. The molecule has 0 aliphatic rings. The van der Waals surface area contributed by atoms with Gasteiger partial charge in [0.2, 0.25) is 5.89 Å². The first kappa shape index (κ1) is 22.9. The summed E-state index contributed by atoms with van der Waals surface area (Å²) in [5.74, 6) is 1.99. The minimum Gasteiger partial charge on any atom is -0.497 e. The van der Waals surface area contributed by atoms with Gasteiger partial charge in [0, 0.05) is 12.1 Å². The lowest BCUT2D eigenvalue weighted by molar-refractivity contribution is -0.0504. The third-order valence-electron chi connectivity index (χ3n) is 3.21. The third-order valence-corrected chi connectivity index (χ3v) is 3.21. The first-order valence-corrected chi connectivity index (χ1v) is 7.95. The van der Waals surface area contributed by atoms with Crippen molar-refractivity contribution in [1.29, 1.82) is 0 Å². The average molecular weight is 497 g/mol. The van der Waals surface area contributed by atoms with Crippen molar-refractivity contribution >= 4 is 29.9 Å². The average Bonchev–Trinajstić information content (AvgIpc) is 3.03. The number of hydrogen-bond acceptors (Lipinski definition) is 6. The fraction of sp³-hybridized carbons (Fsp3) is 0.438. The van der Waals surface area contributed by atoms with Crippen molar-refractivity contribution < 1.29 is 22.8 Å². The van der Waals surface area contributed by atoms with Crippen molar-refractivity contribution in [3.8, 4) is 11.5 Å². The molecule has 0 unspecified atom stereocenters. The number of aryl methyl sites for hydroxylation is 1. The number of ether oxygens (including phenoxy) is 2. The lowest BCUT2D eigenvalue weighted by Crippen LogP contribution is -2.36. The van der Waals surface area contributed by atoms with Gasteiger partial charge in [-0.25, -0.2) is 4.99 Å². The summed E-state index contributed by atoms with van der Waals surface area (Å²) < 4.78 is 39.8. The summed E-state index contributed by atoms with van der Waals surface area (Å²) in [4.78, 5) is 8.46. The van der Waals surface area contributed by atoms with Gasteiger partial charge in [-0.05, 0) is 32.0 Å². The van der Waals surface area contributed by atoms with E-state index in [2.05, 4.69) is 30.5 Å². The van der Waals surface area contributed by atoms with Gasteiger partial charge >= 0.3 is 6.61 Å². The van der Waals surface area contributed by atoms with Gasteiger partial charge < -0.3 is 24.6 Å². The van der Waals surface area contributed by atoms with Crippen molar-refractivity contribution in [3.63, 3.8) is 0 Å². The fourth-order valence-electron chi connectivity index (χ4n) is 2.09. The van der Waals surface area contributed by atoms with E-state index in [1.54, 1.807) is 19.1 Å². The second kappa shape index (κ2) is 11.5. The molecule has 0 saturated heterocycles. The Morgan fingerprint density at radius 1 is 1.33 bits per heavy atom. The van der Waals surface area contributed by atoms with Crippen LogP contribution in [0.5, 0.6) is 11.5 Å². The summed E-state index contributed by atoms with van der Waals surface area (Å²) >= 11 is 0. The molecular formula is C16H22F2IN5O3. The molecule has 0 spiro atoms. The number of aliphatic imine (C=N–C) groups is 1. The van der Waals surface area contributed by atoms with Gasteiger partial charge in [0.15, 0.2) is 11.8 Å². The van der Waals surface area contributed by atoms with E-state index >= 15 is 0 Å². The largest absolute Gasteiger partial charge is 0.497 e. The summed E-state index contributed by atoms with van der Waals surface area (Å²) in [6, 6.07) is 4.58. The van der Waals surface area contributed by atoms with E-state index in [-0.39, 0.29) is 42.8 Å². The van der Waals surface area contributed by atoms with Gasteiger partial charge in [-0.1, -0.05) is 5.16 Å². The zero-order chi connectivity index (χ0) is 18.9. The molecule has 27 heavy (non-hydrogen) atoms. The van der Waals surface area contributed by atoms with Crippen LogP contribution in [0.2, 0.25) is 0 Å². The summed E-state index contributed by atoms with van der Waals surface area (Å²) in [5, 5.41) is 9.78. The molecule has 1 aromatic heterocycles. The highest BCUT2D eigenvalue weighted by atomic mass is 127. The second-order valence-electron chi connectivity index (χ2n) is 5.14. The van der Waals surface area contributed by atoms with E-state index in [9.17, 15) is 8.78 Å². The van der Waals surface area contributed by atoms with E-state index in [1.165, 1.54) is 13.2 Å². The molecule has 2 aromatic rings. The molecule has 0 saturated carbocycles. The Balaban J connectivity index is 0.00000364. The standard InChI is InChI=1S/C16H21F2N5O3.HI/c1-4-19-16(21-9-14-22-10(2)23-26-14)20-8-11-7-12(24-3)5-6-13(11)25-15(17)18;/h5-7,15H,4,8-9H2,1-3H3,(H2,19,20,21);1H.